The van der Waals surface area contributed by atoms with E-state index in [4.69, 9.17) is 0 Å². The summed E-state index contributed by atoms with van der Waals surface area (Å²) in [5, 5.41) is 4.35. The zero-order valence-electron chi connectivity index (χ0n) is 10.3. The fraction of sp³-hybridized carbons (Fsp3) is 0.538. The van der Waals surface area contributed by atoms with Crippen LogP contribution in [-0.4, -0.2) is 6.04 Å². The minimum Gasteiger partial charge on any atom is -0.282 e. The highest BCUT2D eigenvalue weighted by Crippen LogP contribution is 2.30. The van der Waals surface area contributed by atoms with Gasteiger partial charge in [0.25, 0.3) is 0 Å². The van der Waals surface area contributed by atoms with Crippen LogP contribution in [0, 0.1) is 5.92 Å². The normalized spacial score (nSPS) is 13.8. The van der Waals surface area contributed by atoms with Crippen LogP contribution in [0.5, 0.6) is 0 Å². The van der Waals surface area contributed by atoms with Crippen molar-refractivity contribution >= 4 is 5.69 Å². The van der Waals surface area contributed by atoms with E-state index >= 15 is 0 Å². The number of hydrogen-bond acceptors (Lipinski definition) is 0. The van der Waals surface area contributed by atoms with Gasteiger partial charge in [0.2, 0.25) is 0 Å². The molecule has 0 fully saturated rings. The first kappa shape index (κ1) is 13.9. The molecule has 1 aromatic carbocycles. The van der Waals surface area contributed by atoms with Crippen LogP contribution >= 0.6 is 0 Å². The Labute approximate surface area is 100 Å². The van der Waals surface area contributed by atoms with E-state index in [0.29, 0.717) is 11.6 Å². The molecule has 1 unspecified atom stereocenters. The lowest BCUT2D eigenvalue weighted by Crippen LogP contribution is -2.16. The Balaban J connectivity index is 2.63. The molecule has 17 heavy (non-hydrogen) atoms. The smallest absolute Gasteiger partial charge is 0.282 e. The fourth-order valence-electron chi connectivity index (χ4n) is 1.73. The molecule has 0 amide bonds. The Kier molecular flexibility index (Phi) is 4.43. The van der Waals surface area contributed by atoms with E-state index in [-0.39, 0.29) is 6.04 Å². The maximum absolute atomic E-state index is 12.3. The van der Waals surface area contributed by atoms with E-state index in [0.717, 1.165) is 18.6 Å². The summed E-state index contributed by atoms with van der Waals surface area (Å²) >= 11 is 0. The van der Waals surface area contributed by atoms with Gasteiger partial charge in [0.05, 0.1) is 11.3 Å². The third kappa shape index (κ3) is 4.67. The summed E-state index contributed by atoms with van der Waals surface area (Å²) in [6.07, 6.45) is -3.34. The van der Waals surface area contributed by atoms with E-state index in [1.165, 1.54) is 12.1 Å². The molecule has 0 heterocycles. The molecule has 0 spiro atoms. The monoisotopic (exact) mass is 244 g/mol. The Bertz CT molecular complexity index is 341. The van der Waals surface area contributed by atoms with E-state index in [1.54, 1.807) is 0 Å². The minimum atomic E-state index is -4.28. The topological polar surface area (TPSA) is 14.1 Å². The van der Waals surface area contributed by atoms with Gasteiger partial charge in [-0.1, -0.05) is 13.8 Å². The number of alkyl halides is 3. The fourth-order valence-corrected chi connectivity index (χ4v) is 1.73. The van der Waals surface area contributed by atoms with E-state index in [1.807, 2.05) is 6.92 Å². The second kappa shape index (κ2) is 5.43. The average Bonchev–Trinajstić information content (AvgIpc) is 2.15. The Hall–Kier alpha value is -1.19. The van der Waals surface area contributed by atoms with Crippen LogP contribution in [0.25, 0.3) is 0 Å². The molecule has 0 aliphatic heterocycles. The van der Waals surface area contributed by atoms with Crippen molar-refractivity contribution in [1.82, 2.24) is 5.32 Å². The lowest BCUT2D eigenvalue weighted by molar-refractivity contribution is -0.137. The first-order valence-electron chi connectivity index (χ1n) is 5.67. The van der Waals surface area contributed by atoms with Crippen LogP contribution in [0.2, 0.25) is 0 Å². The van der Waals surface area contributed by atoms with Crippen molar-refractivity contribution in [2.24, 2.45) is 5.92 Å². The maximum Gasteiger partial charge on any atom is 0.416 e. The van der Waals surface area contributed by atoms with Crippen LogP contribution in [0.1, 0.15) is 32.8 Å². The summed E-state index contributed by atoms with van der Waals surface area (Å²) in [6, 6.07) is 5.10. The lowest BCUT2D eigenvalue weighted by atomic mass is 10.0. The first-order chi connectivity index (χ1) is 7.79. The molecule has 0 N–H and O–H groups in total. The second-order valence-corrected chi connectivity index (χ2v) is 4.65. The zero-order valence-corrected chi connectivity index (χ0v) is 10.3. The van der Waals surface area contributed by atoms with Crippen molar-refractivity contribution in [2.45, 2.75) is 39.4 Å². The maximum atomic E-state index is 12.3. The molecule has 4 heteroatoms. The van der Waals surface area contributed by atoms with Gasteiger partial charge in [-0.2, -0.15) is 13.2 Å². The van der Waals surface area contributed by atoms with Crippen molar-refractivity contribution in [2.75, 3.05) is 0 Å². The highest BCUT2D eigenvalue weighted by Gasteiger charge is 2.29. The third-order valence-corrected chi connectivity index (χ3v) is 2.38. The summed E-state index contributed by atoms with van der Waals surface area (Å²) in [7, 11) is 0. The number of rotatable bonds is 4. The SMILES string of the molecule is CC(C)CC(C)[N]c1ccc(C(F)(F)F)cc1. The van der Waals surface area contributed by atoms with Gasteiger partial charge < -0.3 is 0 Å². The van der Waals surface area contributed by atoms with Gasteiger partial charge in [-0.15, -0.1) is 0 Å². The van der Waals surface area contributed by atoms with Gasteiger partial charge in [0.15, 0.2) is 0 Å². The predicted molar refractivity (Wildman–Crippen MR) is 62.2 cm³/mol. The highest BCUT2D eigenvalue weighted by atomic mass is 19.4. The summed E-state index contributed by atoms with van der Waals surface area (Å²) in [5.41, 5.74) is -0.0286. The average molecular weight is 244 g/mol. The van der Waals surface area contributed by atoms with Gasteiger partial charge in [-0.3, -0.25) is 5.32 Å². The Morgan fingerprint density at radius 3 is 2.00 bits per heavy atom. The molecule has 0 aromatic heterocycles. The summed E-state index contributed by atoms with van der Waals surface area (Å²) < 4.78 is 37.0. The summed E-state index contributed by atoms with van der Waals surface area (Å²) in [5.74, 6) is 0.531. The molecule has 0 bridgehead atoms. The first-order valence-corrected chi connectivity index (χ1v) is 5.67. The highest BCUT2D eigenvalue weighted by molar-refractivity contribution is 5.39. The largest absolute Gasteiger partial charge is 0.416 e. The minimum absolute atomic E-state index is 0.131. The molecule has 1 atom stereocenters. The van der Waals surface area contributed by atoms with Gasteiger partial charge in [-0.05, 0) is 43.5 Å². The third-order valence-electron chi connectivity index (χ3n) is 2.38. The lowest BCUT2D eigenvalue weighted by Gasteiger charge is -2.15. The zero-order chi connectivity index (χ0) is 13.1. The molecule has 0 aliphatic rings. The summed E-state index contributed by atoms with van der Waals surface area (Å²) in [4.78, 5) is 0. The molecule has 1 rings (SSSR count). The quantitative estimate of drug-likeness (QED) is 0.746. The van der Waals surface area contributed by atoms with Crippen molar-refractivity contribution in [3.8, 4) is 0 Å². The van der Waals surface area contributed by atoms with Crippen molar-refractivity contribution < 1.29 is 13.2 Å². The van der Waals surface area contributed by atoms with Crippen LogP contribution in [0.15, 0.2) is 24.3 Å². The Morgan fingerprint density at radius 2 is 1.59 bits per heavy atom. The molecule has 95 valence electrons. The predicted octanol–water partition coefficient (Wildman–Crippen LogP) is 4.38. The number of nitrogens with zero attached hydrogens (tertiary/aromatic N) is 1. The van der Waals surface area contributed by atoms with Crippen molar-refractivity contribution in [1.29, 1.82) is 0 Å². The van der Waals surface area contributed by atoms with Crippen LogP contribution in [0.4, 0.5) is 18.9 Å². The van der Waals surface area contributed by atoms with E-state index < -0.39 is 11.7 Å². The van der Waals surface area contributed by atoms with Gasteiger partial charge >= 0.3 is 6.18 Å². The molecule has 1 nitrogen and oxygen atoms in total. The van der Waals surface area contributed by atoms with Crippen LogP contribution < -0.4 is 5.32 Å². The van der Waals surface area contributed by atoms with E-state index in [9.17, 15) is 13.2 Å². The van der Waals surface area contributed by atoms with Gasteiger partial charge in [-0.25, -0.2) is 0 Å². The van der Waals surface area contributed by atoms with Crippen LogP contribution in [0.3, 0.4) is 0 Å². The van der Waals surface area contributed by atoms with Gasteiger partial charge in [0, 0.05) is 6.04 Å². The second-order valence-electron chi connectivity index (χ2n) is 4.65. The number of hydrogen-bond donors (Lipinski definition) is 0. The molecule has 0 aliphatic carbocycles. The van der Waals surface area contributed by atoms with Crippen molar-refractivity contribution in [3.63, 3.8) is 0 Å². The number of benzene rings is 1. The van der Waals surface area contributed by atoms with Crippen molar-refractivity contribution in [3.05, 3.63) is 29.8 Å². The molecule has 1 aromatic rings. The number of halogens is 3. The molecular weight excluding hydrogens is 227 g/mol. The Morgan fingerprint density at radius 1 is 1.06 bits per heavy atom. The molecular formula is C13H17F3N. The molecule has 0 saturated heterocycles. The summed E-state index contributed by atoms with van der Waals surface area (Å²) in [6.45, 7) is 6.16. The molecule has 0 saturated carbocycles. The van der Waals surface area contributed by atoms with Crippen LogP contribution in [-0.2, 0) is 6.18 Å². The molecule has 1 radical (unpaired) electrons. The van der Waals surface area contributed by atoms with Gasteiger partial charge in [0.1, 0.15) is 0 Å². The van der Waals surface area contributed by atoms with E-state index in [2.05, 4.69) is 19.2 Å². The standard InChI is InChI=1S/C13H17F3N/c1-9(2)8-10(3)17-12-6-4-11(5-7-12)13(14,15)16/h4-7,9-10H,8H2,1-3H3.